The lowest BCUT2D eigenvalue weighted by Crippen LogP contribution is -2.25. The molecule has 1 heterocycles. The number of fused-ring (bicyclic) bond motifs is 14. The molecule has 1 aromatic heterocycles. The van der Waals surface area contributed by atoms with Crippen LogP contribution in [0.25, 0.3) is 75.5 Å². The molecular weight excluding hydrogens is 755 g/mol. The Balaban J connectivity index is 0.985. The van der Waals surface area contributed by atoms with Crippen molar-refractivity contribution in [2.45, 2.75) is 5.41 Å². The highest BCUT2D eigenvalue weighted by atomic mass is 32.1. The SMILES string of the molecule is c1ccc(N(c2ccc(-c3ccc4c(c3)C3(c5ccccc5-c5ccccc53)c3ccccc3-4)cc2)c2cccc3ccccc23)c(-c2cccc3c2sc2ccccc23)c1. The third kappa shape index (κ3) is 4.88. The van der Waals surface area contributed by atoms with Crippen LogP contribution in [0.1, 0.15) is 22.3 Å². The Morgan fingerprint density at radius 1 is 0.328 bits per heavy atom. The van der Waals surface area contributed by atoms with Crippen LogP contribution in [0.3, 0.4) is 0 Å². The van der Waals surface area contributed by atoms with Gasteiger partial charge in [0.15, 0.2) is 0 Å². The highest BCUT2D eigenvalue weighted by molar-refractivity contribution is 7.26. The molecule has 1 nitrogen and oxygen atoms in total. The van der Waals surface area contributed by atoms with Crippen LogP contribution in [-0.4, -0.2) is 0 Å². The van der Waals surface area contributed by atoms with Gasteiger partial charge in [0.05, 0.1) is 16.8 Å². The van der Waals surface area contributed by atoms with Crippen molar-refractivity contribution in [2.24, 2.45) is 0 Å². The fraction of sp³-hybridized carbons (Fsp3) is 0.0169. The molecule has 0 aliphatic heterocycles. The number of hydrogen-bond acceptors (Lipinski definition) is 2. The second-order valence-electron chi connectivity index (χ2n) is 16.3. The fourth-order valence-corrected chi connectivity index (χ4v) is 12.0. The molecule has 61 heavy (non-hydrogen) atoms. The molecule has 0 amide bonds. The minimum Gasteiger partial charge on any atom is -0.309 e. The summed E-state index contributed by atoms with van der Waals surface area (Å²) in [5, 5.41) is 5.04. The van der Waals surface area contributed by atoms with Gasteiger partial charge >= 0.3 is 0 Å². The van der Waals surface area contributed by atoms with Crippen molar-refractivity contribution in [1.82, 2.24) is 0 Å². The summed E-state index contributed by atoms with van der Waals surface area (Å²) in [7, 11) is 0. The molecule has 2 aliphatic carbocycles. The summed E-state index contributed by atoms with van der Waals surface area (Å²) in [4.78, 5) is 2.47. The smallest absolute Gasteiger partial charge is 0.0725 e. The van der Waals surface area contributed by atoms with Gasteiger partial charge in [-0.2, -0.15) is 0 Å². The highest BCUT2D eigenvalue weighted by Crippen LogP contribution is 2.63. The molecule has 2 heteroatoms. The number of rotatable bonds is 5. The first-order valence-corrected chi connectivity index (χ1v) is 21.9. The Kier molecular flexibility index (Phi) is 7.46. The van der Waals surface area contributed by atoms with Crippen LogP contribution < -0.4 is 4.90 Å². The first kappa shape index (κ1) is 34.4. The predicted octanol–water partition coefficient (Wildman–Crippen LogP) is 16.4. The quantitative estimate of drug-likeness (QED) is 0.168. The zero-order chi connectivity index (χ0) is 40.1. The standard InChI is InChI=1S/C59H37NS/c1-2-17-42-39(15-1)16-13-29-55(42)60(56-28-11-6-21-47(56)49-23-14-24-50-48-22-7-12-30-57(48)61-58(49)50)41-34-31-38(32-35-41)40-33-36-46-45-20-5-10-27-53(45)59(54(46)37-40)51-25-8-3-18-43(51)44-19-4-9-26-52(44)59/h1-37H. The van der Waals surface area contributed by atoms with Crippen molar-refractivity contribution in [3.63, 3.8) is 0 Å². The second kappa shape index (κ2) is 13.2. The van der Waals surface area contributed by atoms with E-state index < -0.39 is 0 Å². The van der Waals surface area contributed by atoms with E-state index in [2.05, 4.69) is 229 Å². The maximum atomic E-state index is 2.48. The lowest BCUT2D eigenvalue weighted by Gasteiger charge is -2.31. The molecule has 13 rings (SSSR count). The first-order valence-electron chi connectivity index (χ1n) is 21.1. The monoisotopic (exact) mass is 791 g/mol. The Morgan fingerprint density at radius 3 is 1.57 bits per heavy atom. The minimum absolute atomic E-state index is 0.374. The van der Waals surface area contributed by atoms with Gasteiger partial charge in [0.1, 0.15) is 0 Å². The van der Waals surface area contributed by atoms with E-state index in [1.54, 1.807) is 0 Å². The number of benzene rings is 10. The Bertz CT molecular complexity index is 3490. The average Bonchev–Trinajstić information content (AvgIpc) is 3.96. The molecule has 10 aromatic carbocycles. The molecular formula is C59H37NS. The van der Waals surface area contributed by atoms with Crippen molar-refractivity contribution in [3.8, 4) is 44.5 Å². The van der Waals surface area contributed by atoms with Crippen molar-refractivity contribution >= 4 is 59.3 Å². The molecule has 0 bridgehead atoms. The lowest BCUT2D eigenvalue weighted by molar-refractivity contribution is 0.794. The van der Waals surface area contributed by atoms with Crippen LogP contribution >= 0.6 is 11.3 Å². The molecule has 284 valence electrons. The first-order chi connectivity index (χ1) is 30.3. The number of thiophene rings is 1. The third-order valence-electron chi connectivity index (χ3n) is 13.3. The fourth-order valence-electron chi connectivity index (χ4n) is 10.7. The van der Waals surface area contributed by atoms with E-state index in [0.29, 0.717) is 0 Å². The molecule has 0 atom stereocenters. The Morgan fingerprint density at radius 2 is 0.836 bits per heavy atom. The summed E-state index contributed by atoms with van der Waals surface area (Å²) in [6, 6.07) is 83.4. The zero-order valence-corrected chi connectivity index (χ0v) is 34.0. The maximum Gasteiger partial charge on any atom is 0.0725 e. The molecule has 0 saturated heterocycles. The number of hydrogen-bond donors (Lipinski definition) is 0. The van der Waals surface area contributed by atoms with E-state index >= 15 is 0 Å². The number of anilines is 3. The van der Waals surface area contributed by atoms with Crippen LogP contribution in [0.2, 0.25) is 0 Å². The van der Waals surface area contributed by atoms with Crippen LogP contribution in [0, 0.1) is 0 Å². The van der Waals surface area contributed by atoms with Gasteiger partial charge in [-0.15, -0.1) is 11.3 Å². The van der Waals surface area contributed by atoms with E-state index in [-0.39, 0.29) is 5.41 Å². The van der Waals surface area contributed by atoms with Crippen LogP contribution in [0.5, 0.6) is 0 Å². The van der Waals surface area contributed by atoms with Crippen molar-refractivity contribution in [2.75, 3.05) is 4.90 Å². The van der Waals surface area contributed by atoms with Gasteiger partial charge in [0.25, 0.3) is 0 Å². The van der Waals surface area contributed by atoms with E-state index in [0.717, 1.165) is 17.1 Å². The van der Waals surface area contributed by atoms with E-state index in [9.17, 15) is 0 Å². The van der Waals surface area contributed by atoms with Crippen LogP contribution in [-0.2, 0) is 5.41 Å². The molecule has 0 radical (unpaired) electrons. The van der Waals surface area contributed by atoms with Crippen molar-refractivity contribution in [1.29, 1.82) is 0 Å². The Hall–Kier alpha value is -7.52. The largest absolute Gasteiger partial charge is 0.309 e. The molecule has 0 saturated carbocycles. The van der Waals surface area contributed by atoms with Gasteiger partial charge in [-0.1, -0.05) is 188 Å². The highest BCUT2D eigenvalue weighted by Gasteiger charge is 2.51. The molecule has 0 fully saturated rings. The molecule has 0 N–H and O–H groups in total. The van der Waals surface area contributed by atoms with E-state index in [1.165, 1.54) is 97.7 Å². The minimum atomic E-state index is -0.374. The topological polar surface area (TPSA) is 3.24 Å². The summed E-state index contributed by atoms with van der Waals surface area (Å²) in [5.74, 6) is 0. The lowest BCUT2D eigenvalue weighted by atomic mass is 9.70. The maximum absolute atomic E-state index is 2.48. The Labute approximate surface area is 359 Å². The van der Waals surface area contributed by atoms with Crippen LogP contribution in [0.15, 0.2) is 224 Å². The van der Waals surface area contributed by atoms with Gasteiger partial charge in [0.2, 0.25) is 0 Å². The zero-order valence-electron chi connectivity index (χ0n) is 33.2. The van der Waals surface area contributed by atoms with Gasteiger partial charge in [-0.3, -0.25) is 0 Å². The molecule has 11 aromatic rings. The second-order valence-corrected chi connectivity index (χ2v) is 17.4. The molecule has 0 unspecified atom stereocenters. The van der Waals surface area contributed by atoms with Gasteiger partial charge in [0, 0.05) is 42.4 Å². The van der Waals surface area contributed by atoms with E-state index in [1.807, 2.05) is 11.3 Å². The van der Waals surface area contributed by atoms with Crippen molar-refractivity contribution < 1.29 is 0 Å². The summed E-state index contributed by atoms with van der Waals surface area (Å²) in [6.45, 7) is 0. The summed E-state index contributed by atoms with van der Waals surface area (Å²) in [6.07, 6.45) is 0. The number of para-hydroxylation sites is 1. The van der Waals surface area contributed by atoms with Crippen LogP contribution in [0.4, 0.5) is 17.1 Å². The van der Waals surface area contributed by atoms with Gasteiger partial charge in [-0.05, 0) is 97.4 Å². The summed E-state index contributed by atoms with van der Waals surface area (Å²) < 4.78 is 2.63. The van der Waals surface area contributed by atoms with Gasteiger partial charge in [-0.25, -0.2) is 0 Å². The van der Waals surface area contributed by atoms with E-state index in [4.69, 9.17) is 0 Å². The average molecular weight is 792 g/mol. The molecule has 1 spiro atoms. The number of nitrogens with zero attached hydrogens (tertiary/aromatic N) is 1. The van der Waals surface area contributed by atoms with Crippen molar-refractivity contribution in [3.05, 3.63) is 247 Å². The predicted molar refractivity (Wildman–Crippen MR) is 259 cm³/mol. The normalized spacial score (nSPS) is 13.0. The summed E-state index contributed by atoms with van der Waals surface area (Å²) >= 11 is 1.88. The third-order valence-corrected chi connectivity index (χ3v) is 14.5. The molecule has 2 aliphatic rings. The summed E-state index contributed by atoms with van der Waals surface area (Å²) in [5.41, 5.74) is 18.6. The van der Waals surface area contributed by atoms with Gasteiger partial charge < -0.3 is 4.90 Å².